The minimum atomic E-state index is -4.74. The third-order valence-corrected chi connectivity index (χ3v) is 1.53. The van der Waals surface area contributed by atoms with E-state index in [-0.39, 0.29) is 5.56 Å². The number of aliphatic hydroxyl groups excluding tert-OH is 1. The zero-order chi connectivity index (χ0) is 10.8. The number of halogens is 3. The van der Waals surface area contributed by atoms with E-state index >= 15 is 0 Å². The Morgan fingerprint density at radius 2 is 2.00 bits per heavy atom. The molecule has 0 heterocycles. The molecule has 1 radical (unpaired) electrons. The first-order valence-corrected chi connectivity index (χ1v) is 3.76. The fraction of sp³-hybridized carbons (Fsp3) is 0.222. The third-order valence-electron chi connectivity index (χ3n) is 1.53. The summed E-state index contributed by atoms with van der Waals surface area (Å²) in [6.07, 6.45) is -4.74. The van der Waals surface area contributed by atoms with Gasteiger partial charge in [-0.15, -0.1) is 13.2 Å². The fourth-order valence-electron chi connectivity index (χ4n) is 0.986. The first-order chi connectivity index (χ1) is 6.42. The lowest BCUT2D eigenvalue weighted by Gasteiger charge is -2.12. The normalized spacial score (nSPS) is 11.5. The summed E-state index contributed by atoms with van der Waals surface area (Å²) < 4.78 is 39.2. The van der Waals surface area contributed by atoms with Gasteiger partial charge >= 0.3 is 6.36 Å². The summed E-state index contributed by atoms with van der Waals surface area (Å²) in [5.41, 5.74) is 0.738. The summed E-state index contributed by atoms with van der Waals surface area (Å²) in [6.45, 7) is 2.28. The summed E-state index contributed by atoms with van der Waals surface area (Å²) in [4.78, 5) is 0. The Bertz CT molecular complexity index is 320. The predicted molar refractivity (Wildman–Crippen MR) is 43.2 cm³/mol. The molecule has 0 bridgehead atoms. The molecule has 0 saturated carbocycles. The summed E-state index contributed by atoms with van der Waals surface area (Å²) in [7, 11) is 0. The SMILES string of the molecule is Cc1ccc(OC(F)(F)F)c([CH]O)c1. The van der Waals surface area contributed by atoms with Crippen molar-refractivity contribution in [2.75, 3.05) is 0 Å². The minimum absolute atomic E-state index is 0.00215. The van der Waals surface area contributed by atoms with E-state index in [9.17, 15) is 13.2 Å². The molecule has 0 aliphatic rings. The van der Waals surface area contributed by atoms with Gasteiger partial charge < -0.3 is 9.84 Å². The van der Waals surface area contributed by atoms with Crippen LogP contribution in [0.15, 0.2) is 18.2 Å². The lowest BCUT2D eigenvalue weighted by Crippen LogP contribution is -2.18. The maximum absolute atomic E-state index is 11.8. The van der Waals surface area contributed by atoms with Crippen LogP contribution in [0.25, 0.3) is 0 Å². The third kappa shape index (κ3) is 2.92. The number of ether oxygens (including phenoxy) is 1. The molecule has 1 aromatic carbocycles. The molecule has 0 saturated heterocycles. The Hall–Kier alpha value is -1.23. The maximum atomic E-state index is 11.8. The predicted octanol–water partition coefficient (Wildman–Crippen LogP) is 2.78. The molecule has 0 fully saturated rings. The number of alkyl halides is 3. The fourth-order valence-corrected chi connectivity index (χ4v) is 0.986. The average Bonchev–Trinajstić information content (AvgIpc) is 2.06. The van der Waals surface area contributed by atoms with E-state index in [1.54, 1.807) is 6.92 Å². The Labute approximate surface area is 78.9 Å². The van der Waals surface area contributed by atoms with Crippen molar-refractivity contribution in [1.29, 1.82) is 0 Å². The lowest BCUT2D eigenvalue weighted by molar-refractivity contribution is -0.274. The van der Waals surface area contributed by atoms with E-state index in [1.807, 2.05) is 0 Å². The molecule has 1 aromatic rings. The van der Waals surface area contributed by atoms with Gasteiger partial charge in [0.15, 0.2) is 0 Å². The summed E-state index contributed by atoms with van der Waals surface area (Å²) in [6, 6.07) is 4.01. The van der Waals surface area contributed by atoms with Crippen LogP contribution in [-0.2, 0) is 0 Å². The number of aliphatic hydroxyl groups is 1. The molecule has 0 spiro atoms. The number of hydrogen-bond donors (Lipinski definition) is 1. The molecule has 14 heavy (non-hydrogen) atoms. The molecule has 0 amide bonds. The van der Waals surface area contributed by atoms with E-state index in [0.717, 1.165) is 11.6 Å². The van der Waals surface area contributed by atoms with Crippen LogP contribution in [0.1, 0.15) is 11.1 Å². The van der Waals surface area contributed by atoms with Crippen LogP contribution >= 0.6 is 0 Å². The summed E-state index contributed by atoms with van der Waals surface area (Å²) >= 11 is 0. The van der Waals surface area contributed by atoms with Crippen LogP contribution in [0.4, 0.5) is 13.2 Å². The summed E-state index contributed by atoms with van der Waals surface area (Å²) in [5.74, 6) is -0.411. The molecular weight excluding hydrogens is 197 g/mol. The minimum Gasteiger partial charge on any atom is -0.405 e. The summed E-state index contributed by atoms with van der Waals surface area (Å²) in [5, 5.41) is 8.67. The van der Waals surface area contributed by atoms with Gasteiger partial charge in [-0.05, 0) is 19.1 Å². The van der Waals surface area contributed by atoms with Crippen molar-refractivity contribution >= 4 is 0 Å². The van der Waals surface area contributed by atoms with Crippen LogP contribution in [-0.4, -0.2) is 11.5 Å². The molecule has 1 N–H and O–H groups in total. The van der Waals surface area contributed by atoms with Crippen LogP contribution in [0.3, 0.4) is 0 Å². The smallest absolute Gasteiger partial charge is 0.405 e. The highest BCUT2D eigenvalue weighted by Crippen LogP contribution is 2.27. The van der Waals surface area contributed by atoms with Gasteiger partial charge in [0.05, 0.1) is 0 Å². The van der Waals surface area contributed by atoms with Crippen molar-refractivity contribution in [1.82, 2.24) is 0 Å². The van der Waals surface area contributed by atoms with Crippen molar-refractivity contribution < 1.29 is 23.0 Å². The van der Waals surface area contributed by atoms with Gasteiger partial charge in [0, 0.05) is 5.56 Å². The molecule has 1 rings (SSSR count). The van der Waals surface area contributed by atoms with E-state index in [2.05, 4.69) is 4.74 Å². The maximum Gasteiger partial charge on any atom is 0.573 e. The van der Waals surface area contributed by atoms with Crippen LogP contribution < -0.4 is 4.74 Å². The van der Waals surface area contributed by atoms with Crippen molar-refractivity contribution in [3.63, 3.8) is 0 Å². The quantitative estimate of drug-likeness (QED) is 0.804. The van der Waals surface area contributed by atoms with Gasteiger partial charge in [-0.25, -0.2) is 0 Å². The Morgan fingerprint density at radius 1 is 1.36 bits per heavy atom. The highest BCUT2D eigenvalue weighted by atomic mass is 19.4. The molecule has 0 atom stereocenters. The van der Waals surface area contributed by atoms with Crippen molar-refractivity contribution in [3.05, 3.63) is 35.9 Å². The van der Waals surface area contributed by atoms with Gasteiger partial charge in [0.25, 0.3) is 0 Å². The number of benzene rings is 1. The molecule has 0 aliphatic carbocycles. The number of rotatable bonds is 2. The zero-order valence-corrected chi connectivity index (χ0v) is 7.30. The van der Waals surface area contributed by atoms with Gasteiger partial charge in [-0.1, -0.05) is 11.6 Å². The van der Waals surface area contributed by atoms with Crippen molar-refractivity contribution in [2.24, 2.45) is 0 Å². The van der Waals surface area contributed by atoms with Gasteiger partial charge in [-0.2, -0.15) is 0 Å². The molecule has 5 heteroatoms. The second-order valence-corrected chi connectivity index (χ2v) is 2.72. The van der Waals surface area contributed by atoms with Crippen molar-refractivity contribution in [2.45, 2.75) is 13.3 Å². The number of aryl methyl sites for hydroxylation is 1. The second-order valence-electron chi connectivity index (χ2n) is 2.72. The topological polar surface area (TPSA) is 29.5 Å². The van der Waals surface area contributed by atoms with Gasteiger partial charge in [-0.3, -0.25) is 0 Å². The zero-order valence-electron chi connectivity index (χ0n) is 7.30. The van der Waals surface area contributed by atoms with Crippen LogP contribution in [0.2, 0.25) is 0 Å². The highest BCUT2D eigenvalue weighted by molar-refractivity contribution is 5.40. The molecule has 2 nitrogen and oxygen atoms in total. The first kappa shape index (κ1) is 10.8. The molecule has 0 aromatic heterocycles. The van der Waals surface area contributed by atoms with Gasteiger partial charge in [0.2, 0.25) is 0 Å². The lowest BCUT2D eigenvalue weighted by atomic mass is 10.1. The van der Waals surface area contributed by atoms with Gasteiger partial charge in [0.1, 0.15) is 12.4 Å². The second kappa shape index (κ2) is 3.88. The largest absolute Gasteiger partial charge is 0.573 e. The molecule has 77 valence electrons. The van der Waals surface area contributed by atoms with E-state index in [4.69, 9.17) is 5.11 Å². The average molecular weight is 205 g/mol. The Kier molecular flexibility index (Phi) is 3.00. The highest BCUT2D eigenvalue weighted by Gasteiger charge is 2.31. The van der Waals surface area contributed by atoms with E-state index in [0.29, 0.717) is 6.61 Å². The molecule has 0 unspecified atom stereocenters. The van der Waals surface area contributed by atoms with E-state index in [1.165, 1.54) is 12.1 Å². The Morgan fingerprint density at radius 3 is 2.50 bits per heavy atom. The van der Waals surface area contributed by atoms with Crippen molar-refractivity contribution in [3.8, 4) is 5.75 Å². The Balaban J connectivity index is 2.97. The van der Waals surface area contributed by atoms with Crippen LogP contribution in [0, 0.1) is 13.5 Å². The first-order valence-electron chi connectivity index (χ1n) is 3.76. The molecular formula is C9H8F3O2. The van der Waals surface area contributed by atoms with E-state index < -0.39 is 12.1 Å². The molecule has 0 aliphatic heterocycles. The monoisotopic (exact) mass is 205 g/mol. The van der Waals surface area contributed by atoms with Crippen LogP contribution in [0.5, 0.6) is 5.75 Å². The number of hydrogen-bond acceptors (Lipinski definition) is 2. The standard InChI is InChI=1S/C9H8F3O2/c1-6-2-3-8(7(4-6)5-13)14-9(10,11)12/h2-5,13H,1H3.